The fourth-order valence-corrected chi connectivity index (χ4v) is 4.16. The molecule has 1 amide bonds. The second-order valence-corrected chi connectivity index (χ2v) is 7.68. The highest BCUT2D eigenvalue weighted by atomic mass is 32.2. The number of hydrogen-bond acceptors (Lipinski definition) is 8. The third-order valence-corrected chi connectivity index (χ3v) is 5.78. The number of rotatable bonds is 8. The number of ether oxygens (including phenoxy) is 1. The number of allylic oxidation sites excluding steroid dienone is 1. The number of benzene rings is 2. The normalized spacial score (nSPS) is 10.8. The van der Waals surface area contributed by atoms with E-state index < -0.39 is 0 Å². The molecule has 30 heavy (non-hydrogen) atoms. The number of methoxy groups -OCH3 is 1. The lowest BCUT2D eigenvalue weighted by Crippen LogP contribution is -2.15. The minimum absolute atomic E-state index is 0.153. The van der Waals surface area contributed by atoms with Crippen LogP contribution in [0.3, 0.4) is 0 Å². The Hall–Kier alpha value is -3.24. The van der Waals surface area contributed by atoms with Gasteiger partial charge in [-0.3, -0.25) is 9.36 Å². The molecule has 0 radical (unpaired) electrons. The molecule has 0 aliphatic carbocycles. The summed E-state index contributed by atoms with van der Waals surface area (Å²) < 4.78 is 15.6. The van der Waals surface area contributed by atoms with Gasteiger partial charge >= 0.3 is 0 Å². The number of thioether (sulfide) groups is 1. The maximum Gasteiger partial charge on any atom is 0.234 e. The maximum absolute atomic E-state index is 12.5. The molecular weight excluding hydrogens is 420 g/mol. The number of fused-ring (bicyclic) bond motifs is 1. The summed E-state index contributed by atoms with van der Waals surface area (Å²) in [7, 11) is 1.63. The number of amides is 1. The van der Waals surface area contributed by atoms with Gasteiger partial charge in [-0.25, -0.2) is 0 Å². The van der Waals surface area contributed by atoms with Crippen LogP contribution in [0.25, 0.3) is 22.4 Å². The number of nitrogens with one attached hydrogen (secondary N) is 1. The van der Waals surface area contributed by atoms with E-state index in [1.807, 2.05) is 47.0 Å². The van der Waals surface area contributed by atoms with Crippen LogP contribution in [-0.4, -0.2) is 42.3 Å². The molecule has 2 aromatic carbocycles. The van der Waals surface area contributed by atoms with Gasteiger partial charge < -0.3 is 10.1 Å². The minimum Gasteiger partial charge on any atom is -0.497 e. The Balaban J connectivity index is 1.48. The molecule has 0 unspecified atom stereocenters. The Morgan fingerprint density at radius 2 is 2.07 bits per heavy atom. The first-order valence-corrected chi connectivity index (χ1v) is 10.7. The van der Waals surface area contributed by atoms with Gasteiger partial charge in [0.1, 0.15) is 16.8 Å². The summed E-state index contributed by atoms with van der Waals surface area (Å²) in [6, 6.07) is 13.1. The smallest absolute Gasteiger partial charge is 0.234 e. The Morgan fingerprint density at radius 1 is 1.23 bits per heavy atom. The van der Waals surface area contributed by atoms with Gasteiger partial charge in [0.2, 0.25) is 5.91 Å². The first kappa shape index (κ1) is 20.0. The van der Waals surface area contributed by atoms with Crippen LogP contribution in [0.5, 0.6) is 5.75 Å². The van der Waals surface area contributed by atoms with Gasteiger partial charge in [-0.05, 0) is 36.4 Å². The van der Waals surface area contributed by atoms with Crippen LogP contribution in [0.15, 0.2) is 60.3 Å². The summed E-state index contributed by atoms with van der Waals surface area (Å²) in [5, 5.41) is 12.1. The quantitative estimate of drug-likeness (QED) is 0.329. The van der Waals surface area contributed by atoms with Crippen molar-refractivity contribution in [2.45, 2.75) is 11.7 Å². The van der Waals surface area contributed by atoms with Crippen molar-refractivity contribution >= 4 is 46.1 Å². The van der Waals surface area contributed by atoms with Crippen molar-refractivity contribution in [2.24, 2.45) is 0 Å². The van der Waals surface area contributed by atoms with Crippen LogP contribution in [0.1, 0.15) is 0 Å². The molecule has 0 bridgehead atoms. The Bertz CT molecular complexity index is 1190. The lowest BCUT2D eigenvalue weighted by atomic mass is 10.2. The van der Waals surface area contributed by atoms with Crippen molar-refractivity contribution in [1.29, 1.82) is 0 Å². The highest BCUT2D eigenvalue weighted by Gasteiger charge is 2.16. The molecule has 0 aliphatic heterocycles. The van der Waals surface area contributed by atoms with Gasteiger partial charge in [-0.1, -0.05) is 23.9 Å². The third kappa shape index (κ3) is 4.19. The molecule has 1 N–H and O–H groups in total. The number of aromatic nitrogens is 5. The van der Waals surface area contributed by atoms with E-state index in [4.69, 9.17) is 4.74 Å². The molecule has 2 aromatic heterocycles. The maximum atomic E-state index is 12.5. The van der Waals surface area contributed by atoms with Crippen molar-refractivity contribution < 1.29 is 9.53 Å². The van der Waals surface area contributed by atoms with E-state index in [1.165, 1.54) is 11.8 Å². The van der Waals surface area contributed by atoms with Crippen molar-refractivity contribution in [3.63, 3.8) is 0 Å². The van der Waals surface area contributed by atoms with Gasteiger partial charge in [-0.15, -0.1) is 16.8 Å². The predicted molar refractivity (Wildman–Crippen MR) is 119 cm³/mol. The van der Waals surface area contributed by atoms with Gasteiger partial charge in [0.15, 0.2) is 11.0 Å². The zero-order valence-corrected chi connectivity index (χ0v) is 17.7. The molecule has 0 saturated carbocycles. The highest BCUT2D eigenvalue weighted by Crippen LogP contribution is 2.26. The fourth-order valence-electron chi connectivity index (χ4n) is 2.87. The molecule has 2 heterocycles. The monoisotopic (exact) mass is 438 g/mol. The molecule has 4 aromatic rings. The minimum atomic E-state index is -0.153. The predicted octanol–water partition coefficient (Wildman–Crippen LogP) is 3.88. The average molecular weight is 439 g/mol. The molecular formula is C20H18N6O2S2. The Morgan fingerprint density at radius 3 is 2.83 bits per heavy atom. The van der Waals surface area contributed by atoms with Crippen molar-refractivity contribution in [3.05, 3.63) is 55.1 Å². The third-order valence-electron chi connectivity index (χ3n) is 4.27. The number of anilines is 1. The van der Waals surface area contributed by atoms with E-state index >= 15 is 0 Å². The Labute approximate surface area is 181 Å². The number of carbonyl (C=O) groups is 1. The van der Waals surface area contributed by atoms with Crippen molar-refractivity contribution in [2.75, 3.05) is 18.2 Å². The number of nitrogens with zero attached hydrogens (tertiary/aromatic N) is 5. The second-order valence-electron chi connectivity index (χ2n) is 6.21. The van der Waals surface area contributed by atoms with E-state index in [2.05, 4.69) is 30.8 Å². The van der Waals surface area contributed by atoms with E-state index in [-0.39, 0.29) is 11.7 Å². The van der Waals surface area contributed by atoms with Crippen LogP contribution in [0, 0.1) is 0 Å². The molecule has 0 aliphatic rings. The van der Waals surface area contributed by atoms with E-state index in [0.29, 0.717) is 28.7 Å². The first-order chi connectivity index (χ1) is 14.7. The van der Waals surface area contributed by atoms with Gasteiger partial charge in [0.05, 0.1) is 30.3 Å². The van der Waals surface area contributed by atoms with Crippen LogP contribution < -0.4 is 10.1 Å². The van der Waals surface area contributed by atoms with E-state index in [0.717, 1.165) is 28.6 Å². The zero-order valence-electron chi connectivity index (χ0n) is 16.1. The molecule has 152 valence electrons. The Kier molecular flexibility index (Phi) is 6.05. The molecule has 0 saturated heterocycles. The highest BCUT2D eigenvalue weighted by molar-refractivity contribution is 7.99. The molecule has 0 atom stereocenters. The zero-order chi connectivity index (χ0) is 20.9. The summed E-state index contributed by atoms with van der Waals surface area (Å²) in [6.45, 7) is 4.35. The molecule has 10 heteroatoms. The summed E-state index contributed by atoms with van der Waals surface area (Å²) in [6.07, 6.45) is 1.77. The van der Waals surface area contributed by atoms with Crippen molar-refractivity contribution in [1.82, 2.24) is 23.5 Å². The standard InChI is InChI=1S/C20H18N6O2S2/c1-3-11-26-19(13-7-9-14(28-2)10-8-13)22-23-20(26)29-12-17(27)21-15-5-4-6-16-18(15)25-30-24-16/h3-10H,1,11-12H2,2H3,(H,21,27). The summed E-state index contributed by atoms with van der Waals surface area (Å²) in [5.74, 6) is 1.51. The summed E-state index contributed by atoms with van der Waals surface area (Å²) in [5.41, 5.74) is 3.01. The second kappa shape index (κ2) is 9.06. The van der Waals surface area contributed by atoms with Crippen LogP contribution in [0.2, 0.25) is 0 Å². The summed E-state index contributed by atoms with van der Waals surface area (Å²) in [4.78, 5) is 12.5. The number of carbonyl (C=O) groups excluding carboxylic acids is 1. The number of hydrogen-bond donors (Lipinski definition) is 1. The van der Waals surface area contributed by atoms with Gasteiger partial charge in [0, 0.05) is 12.1 Å². The molecule has 0 spiro atoms. The molecule has 0 fully saturated rings. The van der Waals surface area contributed by atoms with Crippen LogP contribution in [-0.2, 0) is 11.3 Å². The van der Waals surface area contributed by atoms with E-state index in [1.54, 1.807) is 13.2 Å². The lowest BCUT2D eigenvalue weighted by molar-refractivity contribution is -0.113. The SMILES string of the molecule is C=CCn1c(SCC(=O)Nc2cccc3nsnc23)nnc1-c1ccc(OC)cc1. The van der Waals surface area contributed by atoms with Crippen molar-refractivity contribution in [3.8, 4) is 17.1 Å². The fraction of sp³-hybridized carbons (Fsp3) is 0.150. The van der Waals surface area contributed by atoms with Crippen LogP contribution in [0.4, 0.5) is 5.69 Å². The van der Waals surface area contributed by atoms with E-state index in [9.17, 15) is 4.79 Å². The first-order valence-electron chi connectivity index (χ1n) is 9.02. The molecule has 8 nitrogen and oxygen atoms in total. The van der Waals surface area contributed by atoms with Crippen LogP contribution >= 0.6 is 23.5 Å². The molecule has 4 rings (SSSR count). The van der Waals surface area contributed by atoms with Gasteiger partial charge in [-0.2, -0.15) is 8.75 Å². The average Bonchev–Trinajstić information content (AvgIpc) is 3.40. The topological polar surface area (TPSA) is 94.8 Å². The lowest BCUT2D eigenvalue weighted by Gasteiger charge is -2.09. The van der Waals surface area contributed by atoms with Gasteiger partial charge in [0.25, 0.3) is 0 Å². The largest absolute Gasteiger partial charge is 0.497 e. The summed E-state index contributed by atoms with van der Waals surface area (Å²) >= 11 is 2.44.